The first-order valence-electron chi connectivity index (χ1n) is 5.85. The Hall–Kier alpha value is -0.120. The molecule has 0 bridgehead atoms. The predicted molar refractivity (Wildman–Crippen MR) is 55.2 cm³/mol. The molecule has 82 valence electrons. The van der Waals surface area contributed by atoms with Gasteiger partial charge in [0.05, 0.1) is 12.7 Å². The molecule has 14 heavy (non-hydrogen) atoms. The highest BCUT2D eigenvalue weighted by Crippen LogP contribution is 2.19. The summed E-state index contributed by atoms with van der Waals surface area (Å²) < 4.78 is 5.26. The predicted octanol–water partition coefficient (Wildman–Crippen LogP) is 0.916. The highest BCUT2D eigenvalue weighted by Gasteiger charge is 2.24. The Kier molecular flexibility index (Phi) is 3.79. The highest BCUT2D eigenvalue weighted by molar-refractivity contribution is 4.79. The zero-order valence-corrected chi connectivity index (χ0v) is 8.74. The van der Waals surface area contributed by atoms with Crippen molar-refractivity contribution in [2.45, 2.75) is 44.2 Å². The van der Waals surface area contributed by atoms with Crippen molar-refractivity contribution in [3.8, 4) is 0 Å². The van der Waals surface area contributed by atoms with Crippen LogP contribution in [0.3, 0.4) is 0 Å². The fraction of sp³-hybridized carbons (Fsp3) is 1.00. The van der Waals surface area contributed by atoms with Crippen LogP contribution in [0.25, 0.3) is 0 Å². The lowest BCUT2D eigenvalue weighted by molar-refractivity contribution is 0.0885. The van der Waals surface area contributed by atoms with Gasteiger partial charge in [-0.3, -0.25) is 0 Å². The van der Waals surface area contributed by atoms with Gasteiger partial charge in [0.25, 0.3) is 0 Å². The summed E-state index contributed by atoms with van der Waals surface area (Å²) in [6.07, 6.45) is 6.08. The molecule has 1 saturated heterocycles. The number of aliphatic hydroxyl groups is 1. The zero-order valence-electron chi connectivity index (χ0n) is 8.74. The van der Waals surface area contributed by atoms with E-state index in [1.165, 1.54) is 25.7 Å². The summed E-state index contributed by atoms with van der Waals surface area (Å²) in [4.78, 5) is 0. The number of nitrogens with one attached hydrogen (secondary N) is 1. The van der Waals surface area contributed by atoms with E-state index in [1.54, 1.807) is 0 Å². The van der Waals surface area contributed by atoms with Gasteiger partial charge in [0.2, 0.25) is 0 Å². The fourth-order valence-corrected chi connectivity index (χ4v) is 2.44. The van der Waals surface area contributed by atoms with Gasteiger partial charge in [-0.05, 0) is 19.3 Å². The summed E-state index contributed by atoms with van der Waals surface area (Å²) in [7, 11) is 0. The molecule has 2 rings (SSSR count). The number of hydrogen-bond acceptors (Lipinski definition) is 3. The molecule has 1 saturated carbocycles. The maximum absolute atomic E-state index is 9.87. The topological polar surface area (TPSA) is 41.5 Å². The Balaban J connectivity index is 1.63. The molecule has 0 aromatic heterocycles. The smallest absolute Gasteiger partial charge is 0.0715 e. The summed E-state index contributed by atoms with van der Waals surface area (Å²) in [5, 5.41) is 13.3. The first kappa shape index (κ1) is 10.4. The third kappa shape index (κ3) is 2.69. The standard InChI is InChI=1S/C11H21NO2/c13-11(9-5-6-14-8-9)7-12-10-3-1-2-4-10/h9-13H,1-8H2. The average molecular weight is 199 g/mol. The van der Waals surface area contributed by atoms with Crippen LogP contribution in [0.2, 0.25) is 0 Å². The van der Waals surface area contributed by atoms with Crippen molar-refractivity contribution in [2.75, 3.05) is 19.8 Å². The normalized spacial score (nSPS) is 31.1. The Morgan fingerprint density at radius 1 is 1.29 bits per heavy atom. The first-order valence-corrected chi connectivity index (χ1v) is 5.85. The van der Waals surface area contributed by atoms with Gasteiger partial charge < -0.3 is 15.2 Å². The van der Waals surface area contributed by atoms with Gasteiger partial charge in [-0.2, -0.15) is 0 Å². The SMILES string of the molecule is OC(CNC1CCCC1)C1CCOC1. The van der Waals surface area contributed by atoms with Crippen LogP contribution in [0, 0.1) is 5.92 Å². The number of aliphatic hydroxyl groups excluding tert-OH is 1. The van der Waals surface area contributed by atoms with Gasteiger partial charge >= 0.3 is 0 Å². The summed E-state index contributed by atoms with van der Waals surface area (Å²) in [6, 6.07) is 0.659. The average Bonchev–Trinajstić information content (AvgIpc) is 2.87. The van der Waals surface area contributed by atoms with E-state index in [9.17, 15) is 5.11 Å². The zero-order chi connectivity index (χ0) is 9.80. The molecule has 0 spiro atoms. The van der Waals surface area contributed by atoms with Crippen LogP contribution < -0.4 is 5.32 Å². The Bertz CT molecular complexity index is 163. The van der Waals surface area contributed by atoms with Crippen molar-refractivity contribution < 1.29 is 9.84 Å². The Labute approximate surface area is 85.8 Å². The largest absolute Gasteiger partial charge is 0.391 e. The van der Waals surface area contributed by atoms with Crippen LogP contribution in [-0.2, 0) is 4.74 Å². The van der Waals surface area contributed by atoms with Gasteiger partial charge in [0.1, 0.15) is 0 Å². The first-order chi connectivity index (χ1) is 6.86. The second kappa shape index (κ2) is 5.10. The van der Waals surface area contributed by atoms with Crippen molar-refractivity contribution >= 4 is 0 Å². The molecule has 2 atom stereocenters. The van der Waals surface area contributed by atoms with E-state index in [-0.39, 0.29) is 6.10 Å². The van der Waals surface area contributed by atoms with Gasteiger partial charge in [0, 0.05) is 25.1 Å². The van der Waals surface area contributed by atoms with Crippen LogP contribution in [-0.4, -0.2) is 37.0 Å². The maximum atomic E-state index is 9.87. The number of hydrogen-bond donors (Lipinski definition) is 2. The molecule has 0 amide bonds. The quantitative estimate of drug-likeness (QED) is 0.707. The summed E-state index contributed by atoms with van der Waals surface area (Å²) in [5.74, 6) is 0.365. The molecule has 1 heterocycles. The lowest BCUT2D eigenvalue weighted by Gasteiger charge is -2.19. The summed E-state index contributed by atoms with van der Waals surface area (Å²) >= 11 is 0. The molecule has 2 fully saturated rings. The minimum atomic E-state index is -0.210. The van der Waals surface area contributed by atoms with E-state index < -0.39 is 0 Å². The van der Waals surface area contributed by atoms with E-state index in [1.807, 2.05) is 0 Å². The molecule has 0 aromatic rings. The highest BCUT2D eigenvalue weighted by atomic mass is 16.5. The van der Waals surface area contributed by atoms with Crippen molar-refractivity contribution in [1.29, 1.82) is 0 Å². The van der Waals surface area contributed by atoms with Crippen LogP contribution in [0.5, 0.6) is 0 Å². The summed E-state index contributed by atoms with van der Waals surface area (Å²) in [6.45, 7) is 2.32. The lowest BCUT2D eigenvalue weighted by Crippen LogP contribution is -2.37. The van der Waals surface area contributed by atoms with E-state index in [2.05, 4.69) is 5.32 Å². The molecule has 1 aliphatic carbocycles. The van der Waals surface area contributed by atoms with E-state index in [4.69, 9.17) is 4.74 Å². The lowest BCUT2D eigenvalue weighted by atomic mass is 10.0. The minimum absolute atomic E-state index is 0.210. The number of ether oxygens (including phenoxy) is 1. The molecule has 2 unspecified atom stereocenters. The maximum Gasteiger partial charge on any atom is 0.0715 e. The molecule has 3 heteroatoms. The van der Waals surface area contributed by atoms with Crippen LogP contribution in [0.4, 0.5) is 0 Å². The van der Waals surface area contributed by atoms with Gasteiger partial charge in [-0.15, -0.1) is 0 Å². The third-order valence-corrected chi connectivity index (χ3v) is 3.48. The van der Waals surface area contributed by atoms with Crippen LogP contribution in [0.15, 0.2) is 0 Å². The molecule has 3 nitrogen and oxygen atoms in total. The monoisotopic (exact) mass is 199 g/mol. The van der Waals surface area contributed by atoms with E-state index in [0.29, 0.717) is 12.0 Å². The van der Waals surface area contributed by atoms with Crippen molar-refractivity contribution in [2.24, 2.45) is 5.92 Å². The van der Waals surface area contributed by atoms with Crippen LogP contribution in [0.1, 0.15) is 32.1 Å². The minimum Gasteiger partial charge on any atom is -0.391 e. The molecular weight excluding hydrogens is 178 g/mol. The summed E-state index contributed by atoms with van der Waals surface area (Å²) in [5.41, 5.74) is 0. The molecule has 0 aromatic carbocycles. The third-order valence-electron chi connectivity index (χ3n) is 3.48. The van der Waals surface area contributed by atoms with E-state index in [0.717, 1.165) is 26.2 Å². The second-order valence-corrected chi connectivity index (χ2v) is 4.58. The van der Waals surface area contributed by atoms with Gasteiger partial charge in [0.15, 0.2) is 0 Å². The molecule has 2 N–H and O–H groups in total. The molecular formula is C11H21NO2. The van der Waals surface area contributed by atoms with Crippen LogP contribution >= 0.6 is 0 Å². The van der Waals surface area contributed by atoms with Gasteiger partial charge in [-0.1, -0.05) is 12.8 Å². The molecule has 2 aliphatic rings. The van der Waals surface area contributed by atoms with E-state index >= 15 is 0 Å². The second-order valence-electron chi connectivity index (χ2n) is 4.58. The van der Waals surface area contributed by atoms with Gasteiger partial charge in [-0.25, -0.2) is 0 Å². The Morgan fingerprint density at radius 3 is 2.71 bits per heavy atom. The van der Waals surface area contributed by atoms with Crippen molar-refractivity contribution in [1.82, 2.24) is 5.32 Å². The Morgan fingerprint density at radius 2 is 2.07 bits per heavy atom. The number of rotatable bonds is 4. The fourth-order valence-electron chi connectivity index (χ4n) is 2.44. The molecule has 1 aliphatic heterocycles. The van der Waals surface area contributed by atoms with Crippen molar-refractivity contribution in [3.05, 3.63) is 0 Å². The molecule has 0 radical (unpaired) electrons. The van der Waals surface area contributed by atoms with Crippen molar-refractivity contribution in [3.63, 3.8) is 0 Å².